The molecule has 0 spiro atoms. The van der Waals surface area contributed by atoms with Crippen LogP contribution in [0, 0.1) is 12.7 Å². The molecular formula is C21H21FN2O. The largest absolute Gasteiger partial charge is 0.358 e. The summed E-state index contributed by atoms with van der Waals surface area (Å²) >= 11 is 0. The molecule has 0 radical (unpaired) electrons. The first kappa shape index (κ1) is 16.0. The Kier molecular flexibility index (Phi) is 4.14. The Morgan fingerprint density at radius 2 is 1.88 bits per heavy atom. The number of ketones is 1. The van der Waals surface area contributed by atoms with Gasteiger partial charge in [-0.1, -0.05) is 36.4 Å². The van der Waals surface area contributed by atoms with Crippen molar-refractivity contribution in [2.75, 3.05) is 6.54 Å². The minimum Gasteiger partial charge on any atom is -0.358 e. The van der Waals surface area contributed by atoms with Gasteiger partial charge in [-0.05, 0) is 31.9 Å². The predicted octanol–water partition coefficient (Wildman–Crippen LogP) is 4.46. The molecular weight excluding hydrogens is 315 g/mol. The van der Waals surface area contributed by atoms with E-state index in [9.17, 15) is 9.18 Å². The number of nitrogens with zero attached hydrogens (tertiary/aromatic N) is 1. The summed E-state index contributed by atoms with van der Waals surface area (Å²) in [4.78, 5) is 18.4. The summed E-state index contributed by atoms with van der Waals surface area (Å²) in [6, 6.07) is 15.1. The number of rotatable bonds is 6. The Labute approximate surface area is 146 Å². The van der Waals surface area contributed by atoms with Gasteiger partial charge in [-0.25, -0.2) is 4.39 Å². The Hall–Kier alpha value is -2.46. The van der Waals surface area contributed by atoms with Gasteiger partial charge in [-0.15, -0.1) is 0 Å². The van der Waals surface area contributed by atoms with Crippen molar-refractivity contribution in [1.82, 2.24) is 9.88 Å². The molecule has 1 saturated carbocycles. The second kappa shape index (κ2) is 6.45. The van der Waals surface area contributed by atoms with Gasteiger partial charge in [0.25, 0.3) is 0 Å². The number of aromatic nitrogens is 1. The first-order chi connectivity index (χ1) is 12.1. The number of aryl methyl sites for hydroxylation is 1. The number of fused-ring (bicyclic) bond motifs is 1. The average molecular weight is 336 g/mol. The van der Waals surface area contributed by atoms with Crippen LogP contribution >= 0.6 is 0 Å². The van der Waals surface area contributed by atoms with Crippen LogP contribution in [0.5, 0.6) is 0 Å². The molecule has 1 N–H and O–H groups in total. The number of para-hydroxylation sites is 1. The SMILES string of the molecule is Cc1[nH]c2ccccc2c1C(=O)CN(Cc1ccccc1F)C1CC1. The van der Waals surface area contributed by atoms with Crippen LogP contribution in [0.1, 0.15) is 34.5 Å². The number of carbonyl (C=O) groups is 1. The number of benzene rings is 2. The summed E-state index contributed by atoms with van der Waals surface area (Å²) < 4.78 is 14.0. The van der Waals surface area contributed by atoms with Gasteiger partial charge in [0.05, 0.1) is 6.54 Å². The third-order valence-electron chi connectivity index (χ3n) is 4.91. The van der Waals surface area contributed by atoms with Crippen LogP contribution in [0.3, 0.4) is 0 Å². The smallest absolute Gasteiger partial charge is 0.179 e. The highest BCUT2D eigenvalue weighted by molar-refractivity contribution is 6.10. The van der Waals surface area contributed by atoms with Gasteiger partial charge in [0.1, 0.15) is 5.82 Å². The van der Waals surface area contributed by atoms with E-state index >= 15 is 0 Å². The first-order valence-electron chi connectivity index (χ1n) is 8.71. The van der Waals surface area contributed by atoms with Crippen LogP contribution in [0.4, 0.5) is 4.39 Å². The van der Waals surface area contributed by atoms with Crippen molar-refractivity contribution < 1.29 is 9.18 Å². The van der Waals surface area contributed by atoms with Crippen molar-refractivity contribution in [3.63, 3.8) is 0 Å². The van der Waals surface area contributed by atoms with Crippen LogP contribution in [-0.2, 0) is 6.54 Å². The van der Waals surface area contributed by atoms with E-state index in [4.69, 9.17) is 0 Å². The van der Waals surface area contributed by atoms with Gasteiger partial charge < -0.3 is 4.98 Å². The predicted molar refractivity (Wildman–Crippen MR) is 97.2 cm³/mol. The van der Waals surface area contributed by atoms with Gasteiger partial charge in [0.15, 0.2) is 5.78 Å². The number of carbonyl (C=O) groups excluding carboxylic acids is 1. The number of H-pyrrole nitrogens is 1. The maximum absolute atomic E-state index is 14.0. The summed E-state index contributed by atoms with van der Waals surface area (Å²) in [5, 5.41) is 0.964. The van der Waals surface area contributed by atoms with Gasteiger partial charge in [0.2, 0.25) is 0 Å². The highest BCUT2D eigenvalue weighted by Gasteiger charge is 2.31. The molecule has 0 unspecified atom stereocenters. The molecule has 25 heavy (non-hydrogen) atoms. The summed E-state index contributed by atoms with van der Waals surface area (Å²) in [7, 11) is 0. The quantitative estimate of drug-likeness (QED) is 0.675. The van der Waals surface area contributed by atoms with Crippen LogP contribution in [0.25, 0.3) is 10.9 Å². The van der Waals surface area contributed by atoms with Crippen molar-refractivity contribution in [2.45, 2.75) is 32.4 Å². The average Bonchev–Trinajstić information content (AvgIpc) is 3.38. The second-order valence-corrected chi connectivity index (χ2v) is 6.82. The molecule has 3 aromatic rings. The minimum absolute atomic E-state index is 0.0955. The highest BCUT2D eigenvalue weighted by atomic mass is 19.1. The van der Waals surface area contributed by atoms with Crippen LogP contribution in [0.15, 0.2) is 48.5 Å². The lowest BCUT2D eigenvalue weighted by atomic mass is 10.1. The third kappa shape index (κ3) is 3.22. The van der Waals surface area contributed by atoms with E-state index in [1.54, 1.807) is 12.1 Å². The Balaban J connectivity index is 1.59. The lowest BCUT2D eigenvalue weighted by Gasteiger charge is -2.21. The molecule has 4 heteroatoms. The normalized spacial score (nSPS) is 14.4. The Morgan fingerprint density at radius 3 is 2.64 bits per heavy atom. The van der Waals surface area contributed by atoms with E-state index < -0.39 is 0 Å². The lowest BCUT2D eigenvalue weighted by Crippen LogP contribution is -2.32. The first-order valence-corrected chi connectivity index (χ1v) is 8.71. The van der Waals surface area contributed by atoms with Crippen LogP contribution < -0.4 is 0 Å². The Bertz CT molecular complexity index is 927. The van der Waals surface area contributed by atoms with Gasteiger partial charge >= 0.3 is 0 Å². The van der Waals surface area contributed by atoms with Crippen molar-refractivity contribution >= 4 is 16.7 Å². The van der Waals surface area contributed by atoms with Crippen molar-refractivity contribution in [2.24, 2.45) is 0 Å². The molecule has 0 atom stereocenters. The van der Waals surface area contributed by atoms with E-state index in [2.05, 4.69) is 9.88 Å². The number of Topliss-reactive ketones (excluding diaryl/α,β-unsaturated/α-hetero) is 1. The fourth-order valence-corrected chi connectivity index (χ4v) is 3.50. The molecule has 0 aliphatic heterocycles. The fourth-order valence-electron chi connectivity index (χ4n) is 3.50. The molecule has 1 heterocycles. The van der Waals surface area contributed by atoms with Crippen molar-refractivity contribution in [3.8, 4) is 0 Å². The molecule has 3 nitrogen and oxygen atoms in total. The molecule has 1 aliphatic carbocycles. The lowest BCUT2D eigenvalue weighted by molar-refractivity contribution is 0.0919. The molecule has 1 aliphatic rings. The zero-order chi connectivity index (χ0) is 17.4. The summed E-state index contributed by atoms with van der Waals surface area (Å²) in [5.41, 5.74) is 3.29. The maximum Gasteiger partial charge on any atom is 0.179 e. The topological polar surface area (TPSA) is 36.1 Å². The van der Waals surface area contributed by atoms with E-state index in [1.165, 1.54) is 6.07 Å². The number of aromatic amines is 1. The molecule has 128 valence electrons. The number of hydrogen-bond acceptors (Lipinski definition) is 2. The molecule has 0 bridgehead atoms. The molecule has 2 aromatic carbocycles. The monoisotopic (exact) mass is 336 g/mol. The fraction of sp³-hybridized carbons (Fsp3) is 0.286. The Morgan fingerprint density at radius 1 is 1.16 bits per heavy atom. The van der Waals surface area contributed by atoms with E-state index in [0.717, 1.165) is 35.0 Å². The van der Waals surface area contributed by atoms with Gasteiger partial charge in [-0.3, -0.25) is 9.69 Å². The number of nitrogens with one attached hydrogen (secondary N) is 1. The minimum atomic E-state index is -0.205. The van der Waals surface area contributed by atoms with E-state index in [-0.39, 0.29) is 11.6 Å². The van der Waals surface area contributed by atoms with Crippen LogP contribution in [-0.4, -0.2) is 28.3 Å². The molecule has 0 amide bonds. The summed E-state index contributed by atoms with van der Waals surface area (Å²) in [5.74, 6) is -0.109. The second-order valence-electron chi connectivity index (χ2n) is 6.82. The standard InChI is InChI=1S/C21H21FN2O/c1-14-21(17-7-3-5-9-19(17)23-14)20(25)13-24(16-10-11-16)12-15-6-2-4-8-18(15)22/h2-9,16,23H,10-13H2,1H3. The number of halogens is 1. The molecule has 1 fully saturated rings. The third-order valence-corrected chi connectivity index (χ3v) is 4.91. The van der Waals surface area contributed by atoms with Gasteiger partial charge in [-0.2, -0.15) is 0 Å². The molecule has 0 saturated heterocycles. The van der Waals surface area contributed by atoms with Crippen molar-refractivity contribution in [3.05, 3.63) is 71.2 Å². The molecule has 4 rings (SSSR count). The molecule has 1 aromatic heterocycles. The van der Waals surface area contributed by atoms with E-state index in [1.807, 2.05) is 37.3 Å². The summed E-state index contributed by atoms with van der Waals surface area (Å²) in [6.07, 6.45) is 2.16. The zero-order valence-electron chi connectivity index (χ0n) is 14.3. The van der Waals surface area contributed by atoms with Gasteiger partial charge in [0, 0.05) is 40.3 Å². The maximum atomic E-state index is 14.0. The van der Waals surface area contributed by atoms with Crippen LogP contribution in [0.2, 0.25) is 0 Å². The number of hydrogen-bond donors (Lipinski definition) is 1. The zero-order valence-corrected chi connectivity index (χ0v) is 14.3. The highest BCUT2D eigenvalue weighted by Crippen LogP contribution is 2.30. The van der Waals surface area contributed by atoms with E-state index in [0.29, 0.717) is 24.7 Å². The van der Waals surface area contributed by atoms with Crippen molar-refractivity contribution in [1.29, 1.82) is 0 Å². The summed E-state index contributed by atoms with van der Waals surface area (Å²) in [6.45, 7) is 2.73.